The van der Waals surface area contributed by atoms with Gasteiger partial charge in [-0.3, -0.25) is 4.79 Å². The minimum Gasteiger partial charge on any atom is -0.331 e. The lowest BCUT2D eigenvalue weighted by Gasteiger charge is -2.10. The summed E-state index contributed by atoms with van der Waals surface area (Å²) in [5.74, 6) is 0.737. The highest BCUT2D eigenvalue weighted by Gasteiger charge is 2.08. The maximum absolute atomic E-state index is 12.6. The molecule has 7 nitrogen and oxygen atoms in total. The van der Waals surface area contributed by atoms with Crippen molar-refractivity contribution < 1.29 is 9.59 Å². The quantitative estimate of drug-likeness (QED) is 0.400. The predicted octanol–water partition coefficient (Wildman–Crippen LogP) is 5.14. The van der Waals surface area contributed by atoms with Crippen molar-refractivity contribution in [3.05, 3.63) is 108 Å². The Morgan fingerprint density at radius 3 is 2.00 bits per heavy atom. The van der Waals surface area contributed by atoms with Gasteiger partial charge in [0.2, 0.25) is 0 Å². The van der Waals surface area contributed by atoms with Gasteiger partial charge in [-0.25, -0.2) is 9.78 Å². The molecule has 0 saturated heterocycles. The van der Waals surface area contributed by atoms with E-state index in [1.807, 2.05) is 55.6 Å². The Balaban J connectivity index is 1.31. The number of para-hydroxylation sites is 1. The number of urea groups is 1. The van der Waals surface area contributed by atoms with Crippen molar-refractivity contribution in [2.24, 2.45) is 0 Å². The molecule has 160 valence electrons. The summed E-state index contributed by atoms with van der Waals surface area (Å²) in [5.41, 5.74) is 3.62. The summed E-state index contributed by atoms with van der Waals surface area (Å²) in [5, 5.41) is 8.38. The van der Waals surface area contributed by atoms with Crippen LogP contribution >= 0.6 is 0 Å². The number of imidazole rings is 1. The minimum atomic E-state index is -0.348. The van der Waals surface area contributed by atoms with Gasteiger partial charge in [-0.15, -0.1) is 0 Å². The zero-order valence-corrected chi connectivity index (χ0v) is 17.6. The Morgan fingerprint density at radius 2 is 1.38 bits per heavy atom. The number of carbonyl (C=O) groups excluding carboxylic acids is 2. The lowest BCUT2D eigenvalue weighted by Crippen LogP contribution is -2.19. The van der Waals surface area contributed by atoms with E-state index in [1.165, 1.54) is 0 Å². The number of aryl methyl sites for hydroxylation is 1. The topological polar surface area (TPSA) is 88.1 Å². The van der Waals surface area contributed by atoms with Crippen LogP contribution in [0.1, 0.15) is 21.7 Å². The van der Waals surface area contributed by atoms with Crippen LogP contribution in [0.15, 0.2) is 91.3 Å². The van der Waals surface area contributed by atoms with Gasteiger partial charge in [-0.1, -0.05) is 30.3 Å². The second kappa shape index (κ2) is 9.61. The highest BCUT2D eigenvalue weighted by atomic mass is 16.2. The smallest absolute Gasteiger partial charge is 0.323 e. The lowest BCUT2D eigenvalue weighted by atomic mass is 10.1. The first kappa shape index (κ1) is 20.9. The summed E-state index contributed by atoms with van der Waals surface area (Å²) >= 11 is 0. The largest absolute Gasteiger partial charge is 0.331 e. The Labute approximate surface area is 186 Å². The van der Waals surface area contributed by atoms with Gasteiger partial charge in [0.25, 0.3) is 5.91 Å². The number of rotatable bonds is 6. The van der Waals surface area contributed by atoms with Crippen LogP contribution in [0, 0.1) is 6.92 Å². The molecule has 0 aliphatic heterocycles. The fourth-order valence-electron chi connectivity index (χ4n) is 3.18. The van der Waals surface area contributed by atoms with Crippen LogP contribution in [-0.4, -0.2) is 21.5 Å². The number of hydrogen-bond donors (Lipinski definition) is 3. The van der Waals surface area contributed by atoms with Crippen molar-refractivity contribution in [3.63, 3.8) is 0 Å². The van der Waals surface area contributed by atoms with E-state index >= 15 is 0 Å². The molecule has 0 radical (unpaired) electrons. The summed E-state index contributed by atoms with van der Waals surface area (Å²) in [6.45, 7) is 2.69. The molecule has 1 heterocycles. The Hall–Kier alpha value is -4.39. The molecule has 0 saturated carbocycles. The van der Waals surface area contributed by atoms with Gasteiger partial charge < -0.3 is 20.5 Å². The summed E-state index contributed by atoms with van der Waals surface area (Å²) in [4.78, 5) is 28.9. The number of nitrogens with one attached hydrogen (secondary N) is 3. The van der Waals surface area contributed by atoms with Crippen LogP contribution in [0.2, 0.25) is 0 Å². The Bertz CT molecular complexity index is 1200. The van der Waals surface area contributed by atoms with Crippen molar-refractivity contribution in [1.82, 2.24) is 9.55 Å². The molecule has 4 rings (SSSR count). The Morgan fingerprint density at radius 1 is 0.781 bits per heavy atom. The zero-order chi connectivity index (χ0) is 22.3. The van der Waals surface area contributed by atoms with Gasteiger partial charge in [0.05, 0.1) is 0 Å². The van der Waals surface area contributed by atoms with Crippen molar-refractivity contribution in [3.8, 4) is 0 Å². The van der Waals surface area contributed by atoms with Crippen LogP contribution < -0.4 is 16.0 Å². The molecule has 4 aromatic rings. The molecule has 32 heavy (non-hydrogen) atoms. The number of benzene rings is 3. The highest BCUT2D eigenvalue weighted by molar-refractivity contribution is 6.05. The molecule has 0 aliphatic rings. The van der Waals surface area contributed by atoms with E-state index in [-0.39, 0.29) is 11.9 Å². The fraction of sp³-hybridized carbons (Fsp3) is 0.0800. The molecule has 0 bridgehead atoms. The van der Waals surface area contributed by atoms with Crippen molar-refractivity contribution in [2.75, 3.05) is 16.0 Å². The summed E-state index contributed by atoms with van der Waals surface area (Å²) < 4.78 is 2.06. The molecule has 7 heteroatoms. The zero-order valence-electron chi connectivity index (χ0n) is 17.6. The van der Waals surface area contributed by atoms with Crippen LogP contribution in [0.5, 0.6) is 0 Å². The number of hydrogen-bond acceptors (Lipinski definition) is 3. The molecule has 3 N–H and O–H groups in total. The number of amides is 3. The van der Waals surface area contributed by atoms with Crippen LogP contribution in [0.25, 0.3) is 0 Å². The van der Waals surface area contributed by atoms with Crippen LogP contribution in [0.3, 0.4) is 0 Å². The van der Waals surface area contributed by atoms with Crippen molar-refractivity contribution >= 4 is 29.0 Å². The molecule has 0 atom stereocenters. The van der Waals surface area contributed by atoms with E-state index in [1.54, 1.807) is 42.6 Å². The fourth-order valence-corrected chi connectivity index (χ4v) is 3.18. The normalized spacial score (nSPS) is 10.4. The van der Waals surface area contributed by atoms with E-state index in [9.17, 15) is 9.59 Å². The third-order valence-corrected chi connectivity index (χ3v) is 4.92. The first-order valence-electron chi connectivity index (χ1n) is 10.2. The van der Waals surface area contributed by atoms with Gasteiger partial charge in [-0.05, 0) is 61.0 Å². The second-order valence-electron chi connectivity index (χ2n) is 7.28. The minimum absolute atomic E-state index is 0.219. The maximum Gasteiger partial charge on any atom is 0.323 e. The molecule has 3 amide bonds. The molecule has 0 aliphatic carbocycles. The van der Waals surface area contributed by atoms with Gasteiger partial charge in [-0.2, -0.15) is 0 Å². The van der Waals surface area contributed by atoms with E-state index in [0.717, 1.165) is 17.9 Å². The number of nitrogens with zero attached hydrogens (tertiary/aromatic N) is 2. The number of aromatic nitrogens is 2. The van der Waals surface area contributed by atoms with Gasteiger partial charge in [0, 0.05) is 41.6 Å². The Kier molecular flexibility index (Phi) is 6.27. The van der Waals surface area contributed by atoms with Crippen LogP contribution in [0.4, 0.5) is 21.9 Å². The van der Waals surface area contributed by atoms with E-state index in [2.05, 4.69) is 25.5 Å². The summed E-state index contributed by atoms with van der Waals surface area (Å²) in [6.07, 6.45) is 3.72. The van der Waals surface area contributed by atoms with E-state index < -0.39 is 0 Å². The molecule has 0 fully saturated rings. The maximum atomic E-state index is 12.6. The molecule has 1 aromatic heterocycles. The van der Waals surface area contributed by atoms with Gasteiger partial charge >= 0.3 is 6.03 Å². The number of carbonyl (C=O) groups is 2. The standard InChI is InChI=1S/C25H23N5O2/c1-18-26-15-16-30(18)17-19-7-11-22(12-8-19)27-24(31)20-9-13-23(14-10-20)29-25(32)28-21-5-3-2-4-6-21/h2-16H,17H2,1H3,(H,27,31)(H2,28,29,32). The average molecular weight is 425 g/mol. The average Bonchev–Trinajstić information content (AvgIpc) is 3.20. The third kappa shape index (κ3) is 5.40. The molecule has 0 unspecified atom stereocenters. The van der Waals surface area contributed by atoms with Crippen molar-refractivity contribution in [1.29, 1.82) is 0 Å². The van der Waals surface area contributed by atoms with E-state index in [4.69, 9.17) is 0 Å². The third-order valence-electron chi connectivity index (χ3n) is 4.92. The predicted molar refractivity (Wildman–Crippen MR) is 126 cm³/mol. The monoisotopic (exact) mass is 425 g/mol. The van der Waals surface area contributed by atoms with Crippen molar-refractivity contribution in [2.45, 2.75) is 13.5 Å². The summed E-state index contributed by atoms with van der Waals surface area (Å²) in [6, 6.07) is 23.3. The first-order valence-corrected chi connectivity index (χ1v) is 10.2. The number of anilines is 3. The van der Waals surface area contributed by atoms with Gasteiger partial charge in [0.1, 0.15) is 5.82 Å². The second-order valence-corrected chi connectivity index (χ2v) is 7.28. The molecular weight excluding hydrogens is 402 g/mol. The molecule has 3 aromatic carbocycles. The SMILES string of the molecule is Cc1nccn1Cc1ccc(NC(=O)c2ccc(NC(=O)Nc3ccccc3)cc2)cc1. The highest BCUT2D eigenvalue weighted by Crippen LogP contribution is 2.15. The molecule has 0 spiro atoms. The van der Waals surface area contributed by atoms with E-state index in [0.29, 0.717) is 22.6 Å². The molecular formula is C25H23N5O2. The lowest BCUT2D eigenvalue weighted by molar-refractivity contribution is 0.102. The van der Waals surface area contributed by atoms with Crippen LogP contribution in [-0.2, 0) is 6.54 Å². The van der Waals surface area contributed by atoms with Gasteiger partial charge in [0.15, 0.2) is 0 Å². The first-order chi connectivity index (χ1) is 15.6. The summed E-state index contributed by atoms with van der Waals surface area (Å²) in [7, 11) is 0.